The quantitative estimate of drug-likeness (QED) is 0.436. The Morgan fingerprint density at radius 2 is 2.29 bits per heavy atom. The predicted molar refractivity (Wildman–Crippen MR) is 41.6 cm³/mol. The molecule has 3 heteroatoms. The molecule has 0 radical (unpaired) electrons. The third kappa shape index (κ3) is 4.24. The molecule has 44 valence electrons. The highest BCUT2D eigenvalue weighted by Gasteiger charge is 1.87. The minimum absolute atomic E-state index is 0.241. The van der Waals surface area contributed by atoms with Gasteiger partial charge in [0.15, 0.2) is 0 Å². The minimum Gasteiger partial charge on any atom is -0.332 e. The van der Waals surface area contributed by atoms with Crippen LogP contribution >= 0.6 is 0 Å². The molecule has 0 amide bonds. The van der Waals surface area contributed by atoms with Crippen LogP contribution in [0.3, 0.4) is 0 Å². The van der Waals surface area contributed by atoms with Gasteiger partial charge in [-0.25, -0.2) is 0 Å². The molecule has 0 aromatic carbocycles. The van der Waals surface area contributed by atoms with Gasteiger partial charge in [0.25, 0.3) is 0 Å². The van der Waals surface area contributed by atoms with Gasteiger partial charge in [0.05, 0.1) is 9.68 Å². The lowest BCUT2D eigenvalue weighted by molar-refractivity contribution is 0.569. The van der Waals surface area contributed by atoms with Crippen LogP contribution in [-0.4, -0.2) is 38.1 Å². The molecule has 0 saturated heterocycles. The zero-order valence-electron chi connectivity index (χ0n) is 5.57. The van der Waals surface area contributed by atoms with Gasteiger partial charge in [-0.2, -0.15) is 0 Å². The van der Waals surface area contributed by atoms with E-state index in [0.717, 1.165) is 0 Å². The molecule has 0 atom stereocenters. The van der Waals surface area contributed by atoms with Crippen molar-refractivity contribution in [1.29, 1.82) is 0 Å². The van der Waals surface area contributed by atoms with Crippen LogP contribution in [0.4, 0.5) is 0 Å². The minimum atomic E-state index is 0.241. The van der Waals surface area contributed by atoms with Crippen molar-refractivity contribution in [2.75, 3.05) is 13.6 Å². The monoisotopic (exact) mass is 133 g/mol. The Morgan fingerprint density at radius 3 is 2.43 bits per heavy atom. The summed E-state index contributed by atoms with van der Waals surface area (Å²) in [4.78, 5) is 0. The summed E-state index contributed by atoms with van der Waals surface area (Å²) in [5.41, 5.74) is 1.55. The zero-order chi connectivity index (χ0) is 5.70. The Bertz CT molecular complexity index is 40.7. The molecule has 0 aromatic rings. The molecule has 0 rings (SSSR count). The second kappa shape index (κ2) is 4.55. The normalized spacial score (nSPS) is 12.4. The van der Waals surface area contributed by atoms with E-state index < -0.39 is 0 Å². The van der Waals surface area contributed by atoms with E-state index in [-0.39, 0.29) is 9.68 Å². The lowest BCUT2D eigenvalue weighted by Gasteiger charge is -2.09. The van der Waals surface area contributed by atoms with Gasteiger partial charge >= 0.3 is 0 Å². The topological polar surface area (TPSA) is 3.24 Å². The highest BCUT2D eigenvalue weighted by Crippen LogP contribution is 1.76. The van der Waals surface area contributed by atoms with Gasteiger partial charge < -0.3 is 4.57 Å². The van der Waals surface area contributed by atoms with Crippen LogP contribution in [0.1, 0.15) is 6.92 Å². The highest BCUT2D eigenvalue weighted by molar-refractivity contribution is 6.44. The lowest BCUT2D eigenvalue weighted by Crippen LogP contribution is -2.21. The molecule has 1 nitrogen and oxygen atoms in total. The molecule has 0 aromatic heterocycles. The van der Waals surface area contributed by atoms with Crippen molar-refractivity contribution in [3.8, 4) is 0 Å². The van der Waals surface area contributed by atoms with Crippen LogP contribution in [-0.2, 0) is 0 Å². The molecule has 0 aliphatic rings. The Labute approximate surface area is 51.4 Å². The molecular weight excluding hydrogens is 118 g/mol. The maximum atomic E-state index is 2.48. The fraction of sp³-hybridized carbons (Fsp3) is 1.00. The van der Waals surface area contributed by atoms with Crippen LogP contribution in [0.25, 0.3) is 0 Å². The fourth-order valence-electron chi connectivity index (χ4n) is 0.540. The van der Waals surface area contributed by atoms with E-state index in [9.17, 15) is 0 Å². The Kier molecular flexibility index (Phi) is 4.81. The van der Waals surface area contributed by atoms with E-state index in [1.54, 1.807) is 5.67 Å². The average Bonchev–Trinajstić information content (AvgIpc) is 1.68. The summed E-state index contributed by atoms with van der Waals surface area (Å²) < 4.78 is 2.48. The smallest absolute Gasteiger partial charge is 0.0913 e. The molecule has 7 heavy (non-hydrogen) atoms. The van der Waals surface area contributed by atoms with Crippen LogP contribution in [0.2, 0.25) is 5.67 Å². The molecule has 0 aliphatic heterocycles. The maximum Gasteiger partial charge on any atom is 0.0913 e. The van der Waals surface area contributed by atoms with Gasteiger partial charge in [0, 0.05) is 10.2 Å². The van der Waals surface area contributed by atoms with Crippen LogP contribution in [0.15, 0.2) is 0 Å². The van der Waals surface area contributed by atoms with Crippen molar-refractivity contribution in [2.24, 2.45) is 0 Å². The van der Waals surface area contributed by atoms with E-state index in [4.69, 9.17) is 0 Å². The van der Waals surface area contributed by atoms with Gasteiger partial charge in [-0.3, -0.25) is 0 Å². The summed E-state index contributed by atoms with van der Waals surface area (Å²) in [6, 6.07) is 0. The molecule has 0 spiro atoms. The maximum absolute atomic E-state index is 2.48. The van der Waals surface area contributed by atoms with Crippen molar-refractivity contribution in [3.63, 3.8) is 0 Å². The summed E-state index contributed by atoms with van der Waals surface area (Å²) in [6.07, 6.45) is 0. The second-order valence-corrected chi connectivity index (χ2v) is 7.42. The molecule has 0 N–H and O–H groups in total. The molecule has 0 aliphatic carbocycles. The van der Waals surface area contributed by atoms with Gasteiger partial charge in [0.1, 0.15) is 0 Å². The van der Waals surface area contributed by atoms with Gasteiger partial charge in [0.2, 0.25) is 0 Å². The third-order valence-electron chi connectivity index (χ3n) is 1.15. The fourth-order valence-corrected chi connectivity index (χ4v) is 3.91. The first-order valence-electron chi connectivity index (χ1n) is 2.99. The first-order valence-corrected chi connectivity index (χ1v) is 6.04. The molecule has 0 unspecified atom stereocenters. The summed E-state index contributed by atoms with van der Waals surface area (Å²) in [6.45, 7) is 3.48. The number of hydrogen-bond donors (Lipinski definition) is 0. The van der Waals surface area contributed by atoms with E-state index >= 15 is 0 Å². The first kappa shape index (κ1) is 7.39. The number of rotatable bonds is 3. The van der Waals surface area contributed by atoms with Crippen molar-refractivity contribution in [3.05, 3.63) is 0 Å². The largest absolute Gasteiger partial charge is 0.332 e. The van der Waals surface area contributed by atoms with Crippen molar-refractivity contribution >= 4 is 19.9 Å². The van der Waals surface area contributed by atoms with Gasteiger partial charge in [-0.15, -0.1) is 0 Å². The van der Waals surface area contributed by atoms with Crippen LogP contribution in [0, 0.1) is 0 Å². The van der Waals surface area contributed by atoms with Crippen molar-refractivity contribution in [1.82, 2.24) is 4.57 Å². The lowest BCUT2D eigenvalue weighted by atomic mass is 10.8. The first-order chi connectivity index (χ1) is 3.31. The molecule has 0 bridgehead atoms. The second-order valence-electron chi connectivity index (χ2n) is 1.90. The van der Waals surface area contributed by atoms with E-state index in [2.05, 4.69) is 18.5 Å². The molecule has 0 heterocycles. The summed E-state index contributed by atoms with van der Waals surface area (Å²) in [5.74, 6) is 0. The van der Waals surface area contributed by atoms with E-state index in [1.165, 1.54) is 16.8 Å². The summed E-state index contributed by atoms with van der Waals surface area (Å²) in [7, 11) is 3.88. The predicted octanol–water partition coefficient (Wildman–Crippen LogP) is -1.24. The Hall–Kier alpha value is 0.394. The van der Waals surface area contributed by atoms with Crippen molar-refractivity contribution < 1.29 is 0 Å². The Balaban J connectivity index is 2.83. The summed E-state index contributed by atoms with van der Waals surface area (Å²) >= 11 is 0. The number of hydrogen-bond acceptors (Lipinski definition) is 1. The molecule has 0 fully saturated rings. The Morgan fingerprint density at radius 1 is 1.71 bits per heavy atom. The number of nitrogens with zero attached hydrogens (tertiary/aromatic N) is 1. The highest BCUT2D eigenvalue weighted by atomic mass is 28.3. The van der Waals surface area contributed by atoms with Crippen molar-refractivity contribution in [2.45, 2.75) is 12.6 Å². The van der Waals surface area contributed by atoms with Gasteiger partial charge in [-0.1, -0.05) is 12.6 Å². The van der Waals surface area contributed by atoms with Gasteiger partial charge in [-0.05, 0) is 13.6 Å². The van der Waals surface area contributed by atoms with Crippen LogP contribution in [0.5, 0.6) is 0 Å². The molecular formula is C4H15NSi2. The standard InChI is InChI=1S/C4H15NSi2/c1-3-5(2)7-4-6/h3-4,7H2,1-2,6H3. The SMILES string of the molecule is CCN(C)[SiH2]C[SiH3]. The zero-order valence-corrected chi connectivity index (χ0v) is 8.98. The van der Waals surface area contributed by atoms with E-state index in [0.29, 0.717) is 0 Å². The molecule has 0 saturated carbocycles. The summed E-state index contributed by atoms with van der Waals surface area (Å²) in [5, 5.41) is 0. The third-order valence-corrected chi connectivity index (χ3v) is 4.14. The van der Waals surface area contributed by atoms with E-state index in [1.807, 2.05) is 0 Å². The van der Waals surface area contributed by atoms with Crippen LogP contribution < -0.4 is 0 Å². The average molecular weight is 133 g/mol.